The molecule has 1 rings (SSSR count). The van der Waals surface area contributed by atoms with Gasteiger partial charge >= 0.3 is 0 Å². The average molecular weight is 322 g/mol. The van der Waals surface area contributed by atoms with Gasteiger partial charge in [-0.05, 0) is 34.9 Å². The van der Waals surface area contributed by atoms with Crippen LogP contribution in [0.15, 0.2) is 6.20 Å². The molecule has 4 heteroatoms. The van der Waals surface area contributed by atoms with E-state index in [0.29, 0.717) is 12.5 Å². The first-order valence-electron chi connectivity index (χ1n) is 5.43. The smallest absolute Gasteiger partial charge is 0.0895 e. The number of halogens is 1. The predicted molar refractivity (Wildman–Crippen MR) is 69.7 cm³/mol. The molecule has 0 bridgehead atoms. The van der Waals surface area contributed by atoms with E-state index in [1.165, 1.54) is 9.26 Å². The van der Waals surface area contributed by atoms with Crippen molar-refractivity contribution in [2.75, 3.05) is 6.61 Å². The Balaban J connectivity index is 2.54. The number of rotatable bonds is 6. The zero-order valence-corrected chi connectivity index (χ0v) is 11.8. The van der Waals surface area contributed by atoms with E-state index in [1.54, 1.807) is 0 Å². The van der Waals surface area contributed by atoms with Crippen molar-refractivity contribution < 1.29 is 4.74 Å². The van der Waals surface area contributed by atoms with Gasteiger partial charge in [-0.2, -0.15) is 5.10 Å². The van der Waals surface area contributed by atoms with Crippen LogP contribution in [0.3, 0.4) is 0 Å². The maximum absolute atomic E-state index is 5.64. The van der Waals surface area contributed by atoms with Crippen LogP contribution >= 0.6 is 22.6 Å². The maximum atomic E-state index is 5.64. The topological polar surface area (TPSA) is 27.1 Å². The number of hydrogen-bond acceptors (Lipinski definition) is 2. The molecule has 86 valence electrons. The first-order chi connectivity index (χ1) is 7.15. The van der Waals surface area contributed by atoms with E-state index in [0.717, 1.165) is 19.6 Å². The van der Waals surface area contributed by atoms with E-state index < -0.39 is 0 Å². The van der Waals surface area contributed by atoms with Crippen LogP contribution in [-0.2, 0) is 17.9 Å². The lowest BCUT2D eigenvalue weighted by Crippen LogP contribution is -2.09. The van der Waals surface area contributed by atoms with Crippen LogP contribution in [0.25, 0.3) is 0 Å². The van der Waals surface area contributed by atoms with Gasteiger partial charge in [0.2, 0.25) is 0 Å². The normalized spacial score (nSPS) is 11.3. The molecule has 0 saturated carbocycles. The highest BCUT2D eigenvalue weighted by Crippen LogP contribution is 2.13. The molecule has 3 nitrogen and oxygen atoms in total. The standard InChI is InChI=1S/C11H19IN2O/c1-4-5-14-11(10(12)6-13-14)8-15-7-9(2)3/h6,9H,4-5,7-8H2,1-3H3. The van der Waals surface area contributed by atoms with E-state index in [-0.39, 0.29) is 0 Å². The lowest BCUT2D eigenvalue weighted by molar-refractivity contribution is 0.0914. The summed E-state index contributed by atoms with van der Waals surface area (Å²) in [5.74, 6) is 0.588. The lowest BCUT2D eigenvalue weighted by Gasteiger charge is -2.09. The summed E-state index contributed by atoms with van der Waals surface area (Å²) in [5, 5.41) is 4.33. The molecule has 1 aromatic rings. The molecular formula is C11H19IN2O. The molecule has 1 aromatic heterocycles. The summed E-state index contributed by atoms with van der Waals surface area (Å²) >= 11 is 2.31. The van der Waals surface area contributed by atoms with Gasteiger partial charge in [0.05, 0.1) is 22.1 Å². The zero-order chi connectivity index (χ0) is 11.3. The Hall–Kier alpha value is -0.100. The molecule has 0 atom stereocenters. The largest absolute Gasteiger partial charge is 0.375 e. The molecule has 0 spiro atoms. The van der Waals surface area contributed by atoms with Crippen molar-refractivity contribution in [2.24, 2.45) is 5.92 Å². The van der Waals surface area contributed by atoms with Gasteiger partial charge < -0.3 is 4.74 Å². The summed E-state index contributed by atoms with van der Waals surface area (Å²) in [6.45, 7) is 8.95. The Labute approximate surface area is 105 Å². The first-order valence-corrected chi connectivity index (χ1v) is 6.51. The molecule has 1 heterocycles. The quantitative estimate of drug-likeness (QED) is 0.753. The summed E-state index contributed by atoms with van der Waals surface area (Å²) in [6.07, 6.45) is 3.01. The minimum Gasteiger partial charge on any atom is -0.375 e. The third-order valence-electron chi connectivity index (χ3n) is 2.02. The van der Waals surface area contributed by atoms with E-state index in [1.807, 2.05) is 10.9 Å². The van der Waals surface area contributed by atoms with Crippen molar-refractivity contribution in [3.05, 3.63) is 15.5 Å². The molecule has 0 aliphatic rings. The van der Waals surface area contributed by atoms with Crippen molar-refractivity contribution >= 4 is 22.6 Å². The first kappa shape index (κ1) is 13.0. The second-order valence-corrected chi connectivity index (χ2v) is 5.23. The van der Waals surface area contributed by atoms with Gasteiger partial charge in [0.15, 0.2) is 0 Å². The monoisotopic (exact) mass is 322 g/mol. The summed E-state index contributed by atoms with van der Waals surface area (Å²) in [6, 6.07) is 0. The fourth-order valence-corrected chi connectivity index (χ4v) is 1.89. The highest BCUT2D eigenvalue weighted by Gasteiger charge is 2.08. The Morgan fingerprint density at radius 2 is 2.27 bits per heavy atom. The molecule has 0 aromatic carbocycles. The van der Waals surface area contributed by atoms with Crippen LogP contribution in [0, 0.1) is 9.49 Å². The van der Waals surface area contributed by atoms with Gasteiger partial charge in [-0.25, -0.2) is 0 Å². The zero-order valence-electron chi connectivity index (χ0n) is 9.66. The second kappa shape index (κ2) is 6.48. The highest BCUT2D eigenvalue weighted by molar-refractivity contribution is 14.1. The summed E-state index contributed by atoms with van der Waals surface area (Å²) in [5.41, 5.74) is 1.21. The fourth-order valence-electron chi connectivity index (χ4n) is 1.33. The van der Waals surface area contributed by atoms with Crippen LogP contribution < -0.4 is 0 Å². The molecule has 0 aliphatic heterocycles. The van der Waals surface area contributed by atoms with E-state index >= 15 is 0 Å². The molecule has 15 heavy (non-hydrogen) atoms. The van der Waals surface area contributed by atoms with Crippen molar-refractivity contribution in [3.63, 3.8) is 0 Å². The van der Waals surface area contributed by atoms with E-state index in [2.05, 4.69) is 48.5 Å². The Morgan fingerprint density at radius 3 is 2.87 bits per heavy atom. The third kappa shape index (κ3) is 4.10. The molecule has 0 unspecified atom stereocenters. The van der Waals surface area contributed by atoms with Gasteiger partial charge in [0.1, 0.15) is 0 Å². The molecule has 0 radical (unpaired) electrons. The summed E-state index contributed by atoms with van der Waals surface area (Å²) in [4.78, 5) is 0. The van der Waals surface area contributed by atoms with Crippen LogP contribution in [0.2, 0.25) is 0 Å². The van der Waals surface area contributed by atoms with Crippen LogP contribution in [0.1, 0.15) is 32.9 Å². The van der Waals surface area contributed by atoms with Gasteiger partial charge in [0, 0.05) is 13.2 Å². The van der Waals surface area contributed by atoms with Crippen LogP contribution in [-0.4, -0.2) is 16.4 Å². The number of nitrogens with zero attached hydrogens (tertiary/aromatic N) is 2. The van der Waals surface area contributed by atoms with Crippen LogP contribution in [0.4, 0.5) is 0 Å². The Bertz CT molecular complexity index is 297. The minimum atomic E-state index is 0.588. The maximum Gasteiger partial charge on any atom is 0.0895 e. The molecule has 0 N–H and O–H groups in total. The molecule has 0 fully saturated rings. The summed E-state index contributed by atoms with van der Waals surface area (Å²) < 4.78 is 8.88. The number of ether oxygens (including phenoxy) is 1. The van der Waals surface area contributed by atoms with Crippen molar-refractivity contribution in [3.8, 4) is 0 Å². The number of aromatic nitrogens is 2. The van der Waals surface area contributed by atoms with Gasteiger partial charge in [-0.15, -0.1) is 0 Å². The van der Waals surface area contributed by atoms with Crippen molar-refractivity contribution in [1.82, 2.24) is 9.78 Å². The van der Waals surface area contributed by atoms with E-state index in [4.69, 9.17) is 4.74 Å². The van der Waals surface area contributed by atoms with Crippen molar-refractivity contribution in [1.29, 1.82) is 0 Å². The lowest BCUT2D eigenvalue weighted by atomic mass is 10.2. The van der Waals surface area contributed by atoms with Gasteiger partial charge in [-0.1, -0.05) is 20.8 Å². The van der Waals surface area contributed by atoms with Gasteiger partial charge in [0.25, 0.3) is 0 Å². The minimum absolute atomic E-state index is 0.588. The SMILES string of the molecule is CCCn1ncc(I)c1COCC(C)C. The molecule has 0 amide bonds. The highest BCUT2D eigenvalue weighted by atomic mass is 127. The molecule has 0 saturated heterocycles. The fraction of sp³-hybridized carbons (Fsp3) is 0.727. The average Bonchev–Trinajstić information content (AvgIpc) is 2.50. The number of aryl methyl sites for hydroxylation is 1. The molecular weight excluding hydrogens is 303 g/mol. The Morgan fingerprint density at radius 1 is 1.53 bits per heavy atom. The third-order valence-corrected chi connectivity index (χ3v) is 2.92. The van der Waals surface area contributed by atoms with E-state index in [9.17, 15) is 0 Å². The Kier molecular flexibility index (Phi) is 5.60. The second-order valence-electron chi connectivity index (χ2n) is 4.07. The van der Waals surface area contributed by atoms with Crippen LogP contribution in [0.5, 0.6) is 0 Å². The predicted octanol–water partition coefficient (Wildman–Crippen LogP) is 3.07. The molecule has 0 aliphatic carbocycles. The van der Waals surface area contributed by atoms with Crippen molar-refractivity contribution in [2.45, 2.75) is 40.3 Å². The summed E-state index contributed by atoms with van der Waals surface area (Å²) in [7, 11) is 0. The van der Waals surface area contributed by atoms with Gasteiger partial charge in [-0.3, -0.25) is 4.68 Å². The number of hydrogen-bond donors (Lipinski definition) is 0.